The number of ether oxygens (including phenoxy) is 1. The van der Waals surface area contributed by atoms with E-state index < -0.39 is 11.9 Å². The third-order valence-electron chi connectivity index (χ3n) is 3.92. The van der Waals surface area contributed by atoms with Gasteiger partial charge in [0.2, 0.25) is 11.8 Å². The van der Waals surface area contributed by atoms with Crippen molar-refractivity contribution < 1.29 is 18.7 Å². The molecule has 2 rings (SSSR count). The van der Waals surface area contributed by atoms with Crippen molar-refractivity contribution in [2.45, 2.75) is 45.7 Å². The van der Waals surface area contributed by atoms with Crippen molar-refractivity contribution >= 4 is 11.8 Å². The van der Waals surface area contributed by atoms with E-state index in [4.69, 9.17) is 4.74 Å². The highest BCUT2D eigenvalue weighted by Gasteiger charge is 2.32. The quantitative estimate of drug-likeness (QED) is 0.871. The van der Waals surface area contributed by atoms with Crippen LogP contribution in [0.2, 0.25) is 0 Å². The molecule has 0 saturated carbocycles. The number of nitrogens with one attached hydrogen (secondary N) is 2. The minimum Gasteiger partial charge on any atom is -0.488 e. The molecular formula is C17H23FN2O3. The molecule has 1 saturated heterocycles. The molecule has 0 spiro atoms. The van der Waals surface area contributed by atoms with E-state index in [-0.39, 0.29) is 35.6 Å². The Hall–Kier alpha value is -2.11. The molecular weight excluding hydrogens is 299 g/mol. The Kier molecular flexibility index (Phi) is 5.23. The third kappa shape index (κ3) is 4.68. The normalized spacial score (nSPS) is 19.1. The fraction of sp³-hybridized carbons (Fsp3) is 0.529. The summed E-state index contributed by atoms with van der Waals surface area (Å²) in [5.41, 5.74) is -0.274. The number of amides is 2. The summed E-state index contributed by atoms with van der Waals surface area (Å²) in [7, 11) is 0. The molecule has 2 N–H and O–H groups in total. The fourth-order valence-electron chi connectivity index (χ4n) is 2.33. The van der Waals surface area contributed by atoms with E-state index >= 15 is 0 Å². The molecule has 2 atom stereocenters. The summed E-state index contributed by atoms with van der Waals surface area (Å²) in [6.07, 6.45) is 0.861. The van der Waals surface area contributed by atoms with Crippen molar-refractivity contribution in [1.82, 2.24) is 10.6 Å². The molecule has 126 valence electrons. The minimum absolute atomic E-state index is 0.111. The molecule has 2 amide bonds. The lowest BCUT2D eigenvalue weighted by molar-refractivity contribution is -0.127. The Morgan fingerprint density at radius 2 is 2.13 bits per heavy atom. The Morgan fingerprint density at radius 3 is 2.70 bits per heavy atom. The molecule has 1 aliphatic rings. The van der Waals surface area contributed by atoms with Crippen molar-refractivity contribution in [1.29, 1.82) is 0 Å². The van der Waals surface area contributed by atoms with Crippen LogP contribution in [-0.4, -0.2) is 30.5 Å². The summed E-state index contributed by atoms with van der Waals surface area (Å²) in [5, 5.41) is 5.55. The van der Waals surface area contributed by atoms with Gasteiger partial charge in [0.05, 0.1) is 6.04 Å². The van der Waals surface area contributed by atoms with Gasteiger partial charge in [-0.1, -0.05) is 32.9 Å². The standard InChI is InChI=1S/C17H23FN2O3/c1-17(2,3)14(10-23-13-7-5-4-6-11(13)18)20-16(22)12-8-9-15(21)19-12/h4-7,12,14H,8-10H2,1-3H3,(H,19,21)(H,20,22)/t12-,14-/m1/s1. The number of halogens is 1. The molecule has 0 radical (unpaired) electrons. The van der Waals surface area contributed by atoms with Crippen molar-refractivity contribution in [2.75, 3.05) is 6.61 Å². The Labute approximate surface area is 135 Å². The number of carbonyl (C=O) groups is 2. The second-order valence-electron chi connectivity index (χ2n) is 6.83. The molecule has 1 aromatic carbocycles. The van der Waals surface area contributed by atoms with Crippen LogP contribution < -0.4 is 15.4 Å². The zero-order valence-electron chi connectivity index (χ0n) is 13.7. The zero-order valence-corrected chi connectivity index (χ0v) is 13.7. The second-order valence-corrected chi connectivity index (χ2v) is 6.83. The van der Waals surface area contributed by atoms with Gasteiger partial charge < -0.3 is 15.4 Å². The van der Waals surface area contributed by atoms with E-state index in [1.54, 1.807) is 18.2 Å². The molecule has 0 unspecified atom stereocenters. The van der Waals surface area contributed by atoms with E-state index in [1.165, 1.54) is 6.07 Å². The van der Waals surface area contributed by atoms with E-state index in [1.807, 2.05) is 20.8 Å². The van der Waals surface area contributed by atoms with Crippen LogP contribution in [0.1, 0.15) is 33.6 Å². The number of para-hydroxylation sites is 1. The molecule has 0 aliphatic carbocycles. The Morgan fingerprint density at radius 1 is 1.43 bits per heavy atom. The van der Waals surface area contributed by atoms with Gasteiger partial charge >= 0.3 is 0 Å². The van der Waals surface area contributed by atoms with Crippen LogP contribution in [-0.2, 0) is 9.59 Å². The molecule has 5 nitrogen and oxygen atoms in total. The maximum Gasteiger partial charge on any atom is 0.242 e. The summed E-state index contributed by atoms with van der Waals surface area (Å²) in [5.74, 6) is -0.618. The van der Waals surface area contributed by atoms with E-state index in [2.05, 4.69) is 10.6 Å². The van der Waals surface area contributed by atoms with Gasteiger partial charge in [-0.25, -0.2) is 4.39 Å². The zero-order chi connectivity index (χ0) is 17.0. The molecule has 0 bridgehead atoms. The monoisotopic (exact) mass is 322 g/mol. The SMILES string of the molecule is CC(C)(C)[C@@H](COc1ccccc1F)NC(=O)[C@H]1CCC(=O)N1. The molecule has 6 heteroatoms. The van der Waals surface area contributed by atoms with Crippen LogP contribution in [0.15, 0.2) is 24.3 Å². The molecule has 1 fully saturated rings. The fourth-order valence-corrected chi connectivity index (χ4v) is 2.33. The lowest BCUT2D eigenvalue weighted by atomic mass is 9.87. The first-order valence-electron chi connectivity index (χ1n) is 7.74. The summed E-state index contributed by atoms with van der Waals surface area (Å²) in [6.45, 7) is 6.05. The topological polar surface area (TPSA) is 67.4 Å². The molecule has 1 heterocycles. The van der Waals surface area contributed by atoms with Gasteiger partial charge in [-0.3, -0.25) is 9.59 Å². The predicted octanol–water partition coefficient (Wildman–Crippen LogP) is 2.01. The van der Waals surface area contributed by atoms with Gasteiger partial charge in [-0.2, -0.15) is 0 Å². The van der Waals surface area contributed by atoms with Gasteiger partial charge in [0, 0.05) is 6.42 Å². The number of benzene rings is 1. The Balaban J connectivity index is 1.99. The lowest BCUT2D eigenvalue weighted by Gasteiger charge is -2.32. The van der Waals surface area contributed by atoms with E-state index in [0.717, 1.165) is 0 Å². The molecule has 0 aromatic heterocycles. The summed E-state index contributed by atoms with van der Waals surface area (Å²) in [6, 6.07) is 5.35. The van der Waals surface area contributed by atoms with Crippen LogP contribution in [0, 0.1) is 11.2 Å². The highest BCUT2D eigenvalue weighted by molar-refractivity contribution is 5.90. The van der Waals surface area contributed by atoms with Crippen LogP contribution >= 0.6 is 0 Å². The average Bonchev–Trinajstić information content (AvgIpc) is 2.90. The first-order chi connectivity index (χ1) is 10.8. The van der Waals surface area contributed by atoms with Gasteiger partial charge in [0.15, 0.2) is 11.6 Å². The van der Waals surface area contributed by atoms with Crippen molar-refractivity contribution in [3.05, 3.63) is 30.1 Å². The van der Waals surface area contributed by atoms with Crippen LogP contribution in [0.25, 0.3) is 0 Å². The maximum atomic E-state index is 13.6. The third-order valence-corrected chi connectivity index (χ3v) is 3.92. The highest BCUT2D eigenvalue weighted by Crippen LogP contribution is 2.22. The van der Waals surface area contributed by atoms with E-state index in [9.17, 15) is 14.0 Å². The average molecular weight is 322 g/mol. The Bertz CT molecular complexity index is 583. The molecule has 1 aromatic rings. The largest absolute Gasteiger partial charge is 0.488 e. The van der Waals surface area contributed by atoms with Crippen LogP contribution in [0.5, 0.6) is 5.75 Å². The minimum atomic E-state index is -0.499. The van der Waals surface area contributed by atoms with Gasteiger partial charge in [0.25, 0.3) is 0 Å². The van der Waals surface area contributed by atoms with E-state index in [0.29, 0.717) is 12.8 Å². The smallest absolute Gasteiger partial charge is 0.242 e. The lowest BCUT2D eigenvalue weighted by Crippen LogP contribution is -2.52. The number of rotatable bonds is 5. The highest BCUT2D eigenvalue weighted by atomic mass is 19.1. The number of hydrogen-bond acceptors (Lipinski definition) is 3. The van der Waals surface area contributed by atoms with Gasteiger partial charge in [-0.15, -0.1) is 0 Å². The second kappa shape index (κ2) is 6.98. The maximum absolute atomic E-state index is 13.6. The summed E-state index contributed by atoms with van der Waals surface area (Å²) >= 11 is 0. The van der Waals surface area contributed by atoms with Gasteiger partial charge in [0.1, 0.15) is 12.6 Å². The van der Waals surface area contributed by atoms with Gasteiger partial charge in [-0.05, 0) is 24.0 Å². The van der Waals surface area contributed by atoms with Crippen molar-refractivity contribution in [3.8, 4) is 5.75 Å². The first-order valence-corrected chi connectivity index (χ1v) is 7.74. The molecule has 1 aliphatic heterocycles. The summed E-state index contributed by atoms with van der Waals surface area (Å²) in [4.78, 5) is 23.5. The first kappa shape index (κ1) is 17.2. The van der Waals surface area contributed by atoms with Crippen molar-refractivity contribution in [3.63, 3.8) is 0 Å². The predicted molar refractivity (Wildman–Crippen MR) is 84.4 cm³/mol. The number of hydrogen-bond donors (Lipinski definition) is 2. The summed E-state index contributed by atoms with van der Waals surface area (Å²) < 4.78 is 19.2. The number of carbonyl (C=O) groups excluding carboxylic acids is 2. The van der Waals surface area contributed by atoms with Crippen LogP contribution in [0.4, 0.5) is 4.39 Å². The van der Waals surface area contributed by atoms with Crippen molar-refractivity contribution in [2.24, 2.45) is 5.41 Å². The van der Waals surface area contributed by atoms with Crippen LogP contribution in [0.3, 0.4) is 0 Å². The molecule has 23 heavy (non-hydrogen) atoms.